The Hall–Kier alpha value is 0.920. The number of hydrogen-bond donors (Lipinski definition) is 0. The maximum Gasteiger partial charge on any atom is -1.00 e. The zero-order valence-corrected chi connectivity index (χ0v) is 33.2. The average Bonchev–Trinajstić information content (AvgIpc) is 2.96. The number of likely N-dealkylation sites (N-methyl/N-ethyl adjacent to an activating group) is 1. The number of carbonyl (C=O) groups excluding carboxylic acids is 1. The Morgan fingerprint density at radius 3 is 0.767 bits per heavy atom. The van der Waals surface area contributed by atoms with Crippen molar-refractivity contribution < 1.29 is 21.7 Å². The summed E-state index contributed by atoms with van der Waals surface area (Å²) in [4.78, 5) is 12.0. The second-order valence-electron chi connectivity index (χ2n) is 14.5. The first kappa shape index (κ1) is 46.0. The number of carbonyl (C=O) groups is 1. The van der Waals surface area contributed by atoms with Crippen LogP contribution in [0.3, 0.4) is 0 Å². The van der Waals surface area contributed by atoms with Crippen LogP contribution in [0, 0.1) is 0 Å². The van der Waals surface area contributed by atoms with Crippen molar-refractivity contribution >= 4 is 31.0 Å². The Morgan fingerprint density at radius 2 is 0.581 bits per heavy atom. The first-order valence-electron chi connectivity index (χ1n) is 19.9. The van der Waals surface area contributed by atoms with Gasteiger partial charge in [-0.15, -0.1) is 0 Å². The normalized spacial score (nSPS) is 11.7. The van der Waals surface area contributed by atoms with Gasteiger partial charge in [0, 0.05) is 0 Å². The van der Waals surface area contributed by atoms with Gasteiger partial charge < -0.3 is 12.4 Å². The van der Waals surface area contributed by atoms with Gasteiger partial charge in [0.15, 0.2) is 0 Å². The molecule has 0 aromatic rings. The summed E-state index contributed by atoms with van der Waals surface area (Å²) >= 11 is 0.718. The average molecular weight is 637 g/mol. The Balaban J connectivity index is 0. The van der Waals surface area contributed by atoms with Crippen molar-refractivity contribution in [3.63, 3.8) is 0 Å². The number of unbranched alkanes of at least 4 members (excludes halogenated alkanes) is 30. The van der Waals surface area contributed by atoms with Crippen LogP contribution in [0.2, 0.25) is 0 Å². The van der Waals surface area contributed by atoms with E-state index >= 15 is 0 Å². The molecule has 0 aromatic heterocycles. The van der Waals surface area contributed by atoms with Gasteiger partial charge in [-0.05, 0) is 0 Å². The van der Waals surface area contributed by atoms with E-state index in [1.54, 1.807) is 0 Å². The summed E-state index contributed by atoms with van der Waals surface area (Å²) in [6, 6.07) is 0. The minimum atomic E-state index is 0. The van der Waals surface area contributed by atoms with Gasteiger partial charge in [0.1, 0.15) is 0 Å². The molecule has 0 aliphatic heterocycles. The molecular weight excluding hydrogens is 557 g/mol. The predicted octanol–water partition coefficient (Wildman–Crippen LogP) is 9.66. The molecule has 0 heterocycles. The molecule has 0 saturated carbocycles. The standard InChI is InChI=1S/C39H79NO.ClH.Na/c1-4-6-8-10-12-14-16-18-20-22-24-26-28-30-32-34-36-40(3,38-39-41)37-35-33-31-29-27-25-23-21-19-17-15-13-11-9-7-5-2;;/h4-38H2,1-3H3;1H;/q+1;;/p-1. The molecular formula is C39H79ClNNaO. The third-order valence-corrected chi connectivity index (χ3v) is 10.0. The minimum absolute atomic E-state index is 0. The number of rotatable bonds is 36. The largest absolute Gasteiger partial charge is 1.00 e. The number of quaternary nitrogens is 1. The van der Waals surface area contributed by atoms with E-state index in [2.05, 4.69) is 20.9 Å². The number of nitrogens with zero attached hydrogens (tertiary/aromatic N) is 1. The van der Waals surface area contributed by atoms with Gasteiger partial charge in [-0.3, -0.25) is 0 Å². The second-order valence-corrected chi connectivity index (χ2v) is 15.6. The molecule has 0 N–H and O–H groups in total. The van der Waals surface area contributed by atoms with Crippen LogP contribution < -0.4 is 12.4 Å². The van der Waals surface area contributed by atoms with E-state index in [9.17, 15) is 4.79 Å². The van der Waals surface area contributed by atoms with Crippen molar-refractivity contribution in [1.82, 2.24) is 0 Å². The van der Waals surface area contributed by atoms with Crippen molar-refractivity contribution in [2.24, 2.45) is 0 Å². The second kappa shape index (κ2) is 37.4. The summed E-state index contributed by atoms with van der Waals surface area (Å²) in [5.74, 6) is 0. The van der Waals surface area contributed by atoms with Gasteiger partial charge in [0.2, 0.25) is 0 Å². The first-order chi connectivity index (χ1) is 20.5. The van der Waals surface area contributed by atoms with Crippen LogP contribution in [0.25, 0.3) is 0 Å². The van der Waals surface area contributed by atoms with Gasteiger partial charge in [0.25, 0.3) is 0 Å². The Bertz CT molecular complexity index is 507. The van der Waals surface area contributed by atoms with E-state index in [0.717, 1.165) is 39.0 Å². The molecule has 0 saturated heterocycles. The summed E-state index contributed by atoms with van der Waals surface area (Å²) in [5, 5.41) is 0. The fourth-order valence-electron chi connectivity index (χ4n) is 6.89. The summed E-state index contributed by atoms with van der Waals surface area (Å²) in [6.07, 6.45) is 45.6. The van der Waals surface area contributed by atoms with Crippen molar-refractivity contribution in [3.8, 4) is 0 Å². The van der Waals surface area contributed by atoms with E-state index in [1.807, 2.05) is 0 Å². The topological polar surface area (TPSA) is 17.1 Å². The van der Waals surface area contributed by atoms with E-state index in [4.69, 9.17) is 0 Å². The van der Waals surface area contributed by atoms with Gasteiger partial charge in [-0.2, -0.15) is 0 Å². The van der Waals surface area contributed by atoms with Crippen molar-refractivity contribution in [2.45, 2.75) is 219 Å². The fraction of sp³-hybridized carbons (Fsp3) is 0.974. The Labute approximate surface area is 296 Å². The molecule has 254 valence electrons. The van der Waals surface area contributed by atoms with Gasteiger partial charge >= 0.3 is 170 Å². The van der Waals surface area contributed by atoms with E-state index < -0.39 is 0 Å². The molecule has 43 heavy (non-hydrogen) atoms. The molecule has 0 fully saturated rings. The zero-order valence-electron chi connectivity index (χ0n) is 30.5. The molecule has 0 radical (unpaired) electrons. The van der Waals surface area contributed by atoms with E-state index in [1.165, 1.54) is 219 Å². The van der Waals surface area contributed by atoms with Crippen LogP contribution in [-0.4, -0.2) is 62.1 Å². The zero-order chi connectivity index (χ0) is 30.8. The molecule has 0 atom stereocenters. The molecule has 0 aromatic carbocycles. The monoisotopic (exact) mass is 636 g/mol. The smallest absolute Gasteiger partial charge is 1.00 e. The third kappa shape index (κ3) is 37.3. The molecule has 2 nitrogen and oxygen atoms in total. The van der Waals surface area contributed by atoms with E-state index in [-0.39, 0.29) is 12.4 Å². The molecule has 0 amide bonds. The molecule has 0 rings (SSSR count). The number of halogens is 1. The summed E-state index contributed by atoms with van der Waals surface area (Å²) in [6.45, 7) is 7.83. The van der Waals surface area contributed by atoms with Crippen LogP contribution >= 0.6 is 0 Å². The van der Waals surface area contributed by atoms with Crippen LogP contribution in [0.1, 0.15) is 219 Å². The Kier molecular flexibility index (Phi) is 40.0. The van der Waals surface area contributed by atoms with Crippen molar-refractivity contribution in [3.05, 3.63) is 0 Å². The molecule has 0 aliphatic rings. The maximum atomic E-state index is 12.0. The van der Waals surface area contributed by atoms with Crippen molar-refractivity contribution in [2.75, 3.05) is 26.7 Å². The first-order valence-corrected chi connectivity index (χ1v) is 20.9. The fourth-order valence-corrected chi connectivity index (χ4v) is 7.65. The van der Waals surface area contributed by atoms with E-state index in [0.29, 0.717) is 3.03 Å². The van der Waals surface area contributed by atoms with Crippen LogP contribution in [0.4, 0.5) is 0 Å². The summed E-state index contributed by atoms with van der Waals surface area (Å²) in [5.41, 5.74) is 0. The Morgan fingerprint density at radius 1 is 0.395 bits per heavy atom. The summed E-state index contributed by atoms with van der Waals surface area (Å²) in [7, 11) is 2.37. The number of hydrogen-bond acceptors (Lipinski definition) is 1. The van der Waals surface area contributed by atoms with Crippen LogP contribution in [-0.2, 0) is 4.79 Å². The van der Waals surface area contributed by atoms with Crippen LogP contribution in [0.5, 0.6) is 0 Å². The molecule has 0 bridgehead atoms. The third-order valence-electron chi connectivity index (χ3n) is 9.71. The van der Waals surface area contributed by atoms with Gasteiger partial charge in [-0.1, -0.05) is 117 Å². The predicted molar refractivity (Wildman–Crippen MR) is 191 cm³/mol. The molecule has 4 heteroatoms. The SMILES string of the molecule is CCCCCCCCCCCCCCCCCC[N+](C)(CCCCCCCCCCCCCCCCCC)C[C](=O)[Na].[Cl-]. The molecule has 0 unspecified atom stereocenters. The van der Waals surface area contributed by atoms with Gasteiger partial charge in [0.05, 0.1) is 0 Å². The molecule has 0 aliphatic carbocycles. The molecule has 0 spiro atoms. The summed E-state index contributed by atoms with van der Waals surface area (Å²) < 4.78 is 1.52. The quantitative estimate of drug-likeness (QED) is 0.0380. The maximum absolute atomic E-state index is 12.0. The minimum Gasteiger partial charge on any atom is -1.00 e. The van der Waals surface area contributed by atoms with Crippen LogP contribution in [0.15, 0.2) is 0 Å². The van der Waals surface area contributed by atoms with Crippen molar-refractivity contribution in [1.29, 1.82) is 0 Å². The van der Waals surface area contributed by atoms with Gasteiger partial charge in [-0.25, -0.2) is 0 Å².